The Kier molecular flexibility index (Phi) is 9.85. The van der Waals surface area contributed by atoms with Gasteiger partial charge < -0.3 is 24.8 Å². The highest BCUT2D eigenvalue weighted by atomic mass is 32.2. The van der Waals surface area contributed by atoms with Crippen molar-refractivity contribution in [1.82, 2.24) is 20.1 Å². The molecule has 1 aliphatic carbocycles. The highest BCUT2D eigenvalue weighted by molar-refractivity contribution is 8.00. The van der Waals surface area contributed by atoms with Gasteiger partial charge >= 0.3 is 5.97 Å². The average Bonchev–Trinajstić information content (AvgIpc) is 3.74. The zero-order valence-electron chi connectivity index (χ0n) is 24.8. The maximum atomic E-state index is 13.5. The van der Waals surface area contributed by atoms with Gasteiger partial charge in [0.2, 0.25) is 5.91 Å². The highest BCUT2D eigenvalue weighted by Gasteiger charge is 2.30. The van der Waals surface area contributed by atoms with Crippen LogP contribution in [-0.4, -0.2) is 58.6 Å². The number of amides is 2. The van der Waals surface area contributed by atoms with Gasteiger partial charge in [0.1, 0.15) is 16.5 Å². The summed E-state index contributed by atoms with van der Waals surface area (Å²) in [6, 6.07) is 14.2. The summed E-state index contributed by atoms with van der Waals surface area (Å²) >= 11 is 2.64. The van der Waals surface area contributed by atoms with Gasteiger partial charge in [0.25, 0.3) is 5.91 Å². The third kappa shape index (κ3) is 6.58. The van der Waals surface area contributed by atoms with Crippen molar-refractivity contribution in [2.75, 3.05) is 26.1 Å². The summed E-state index contributed by atoms with van der Waals surface area (Å²) in [6.45, 7) is 3.84. The second-order valence-electron chi connectivity index (χ2n) is 9.85. The number of anilines is 1. The van der Waals surface area contributed by atoms with Crippen LogP contribution in [0.2, 0.25) is 0 Å². The number of esters is 1. The number of aryl methyl sites for hydroxylation is 1. The number of nitrogens with zero attached hydrogens (tertiary/aromatic N) is 3. The van der Waals surface area contributed by atoms with E-state index < -0.39 is 11.2 Å². The van der Waals surface area contributed by atoms with E-state index in [0.717, 1.165) is 29.7 Å². The van der Waals surface area contributed by atoms with Crippen molar-refractivity contribution in [3.05, 3.63) is 75.9 Å². The molecule has 5 rings (SSSR count). The van der Waals surface area contributed by atoms with Crippen molar-refractivity contribution >= 4 is 45.9 Å². The van der Waals surface area contributed by atoms with Gasteiger partial charge in [-0.05, 0) is 69.0 Å². The maximum Gasteiger partial charge on any atom is 0.341 e. The van der Waals surface area contributed by atoms with E-state index in [1.807, 2.05) is 24.3 Å². The molecule has 2 N–H and O–H groups in total. The van der Waals surface area contributed by atoms with Crippen molar-refractivity contribution in [3.8, 4) is 17.2 Å². The van der Waals surface area contributed by atoms with Crippen molar-refractivity contribution < 1.29 is 28.6 Å². The molecule has 0 saturated heterocycles. The largest absolute Gasteiger partial charge is 0.497 e. The van der Waals surface area contributed by atoms with Gasteiger partial charge in [0, 0.05) is 10.4 Å². The van der Waals surface area contributed by atoms with Crippen molar-refractivity contribution in [1.29, 1.82) is 0 Å². The molecule has 44 heavy (non-hydrogen) atoms. The first-order valence-corrected chi connectivity index (χ1v) is 15.8. The summed E-state index contributed by atoms with van der Waals surface area (Å²) in [4.78, 5) is 40.3. The van der Waals surface area contributed by atoms with Crippen LogP contribution in [0.1, 0.15) is 57.2 Å². The van der Waals surface area contributed by atoms with Gasteiger partial charge in [-0.25, -0.2) is 4.79 Å². The molecule has 1 atom stereocenters. The summed E-state index contributed by atoms with van der Waals surface area (Å²) in [6.07, 6.45) is 2.65. The molecule has 0 bridgehead atoms. The molecular weight excluding hydrogens is 603 g/mol. The van der Waals surface area contributed by atoms with Gasteiger partial charge in [-0.3, -0.25) is 14.2 Å². The molecule has 2 aromatic heterocycles. The van der Waals surface area contributed by atoms with Crippen LogP contribution < -0.4 is 20.1 Å². The Morgan fingerprint density at radius 3 is 2.66 bits per heavy atom. The molecule has 11 nitrogen and oxygen atoms in total. The molecule has 4 aromatic rings. The van der Waals surface area contributed by atoms with Crippen LogP contribution in [0.25, 0.3) is 5.69 Å². The van der Waals surface area contributed by atoms with E-state index in [9.17, 15) is 14.4 Å². The van der Waals surface area contributed by atoms with E-state index in [1.165, 1.54) is 23.1 Å². The molecule has 0 saturated carbocycles. The SMILES string of the molecule is CCOC(=O)c1c(NC(=O)[C@H](C)Sc2nnc(CNC(=O)c3cccc(OC)c3)n2-c2ccccc2OC)sc2c1CCC2. The lowest BCUT2D eigenvalue weighted by molar-refractivity contribution is -0.115. The lowest BCUT2D eigenvalue weighted by Gasteiger charge is -2.16. The third-order valence-corrected chi connectivity index (χ3v) is 9.30. The van der Waals surface area contributed by atoms with Crippen LogP contribution in [-0.2, 0) is 28.9 Å². The topological polar surface area (TPSA) is 134 Å². The molecule has 2 amide bonds. The number of methoxy groups -OCH3 is 2. The number of hydrogen-bond donors (Lipinski definition) is 2. The zero-order chi connectivity index (χ0) is 31.2. The molecule has 1 aliphatic rings. The van der Waals surface area contributed by atoms with E-state index in [4.69, 9.17) is 14.2 Å². The van der Waals surface area contributed by atoms with Crippen LogP contribution in [0.5, 0.6) is 11.5 Å². The van der Waals surface area contributed by atoms with Crippen LogP contribution in [0, 0.1) is 0 Å². The second-order valence-corrected chi connectivity index (χ2v) is 12.3. The predicted octanol–water partition coefficient (Wildman–Crippen LogP) is 5.06. The molecule has 2 aromatic carbocycles. The zero-order valence-corrected chi connectivity index (χ0v) is 26.5. The molecule has 0 unspecified atom stereocenters. The Labute approximate surface area is 263 Å². The minimum absolute atomic E-state index is 0.0614. The van der Waals surface area contributed by atoms with Crippen molar-refractivity contribution in [2.45, 2.75) is 50.1 Å². The number of thioether (sulfide) groups is 1. The summed E-state index contributed by atoms with van der Waals surface area (Å²) < 4.78 is 17.9. The van der Waals surface area contributed by atoms with Crippen LogP contribution >= 0.6 is 23.1 Å². The number of hydrogen-bond acceptors (Lipinski definition) is 10. The summed E-state index contributed by atoms with van der Waals surface area (Å²) in [5.74, 6) is 0.573. The Morgan fingerprint density at radius 2 is 1.89 bits per heavy atom. The normalized spacial score (nSPS) is 12.7. The lowest BCUT2D eigenvalue weighted by atomic mass is 10.1. The predicted molar refractivity (Wildman–Crippen MR) is 168 cm³/mol. The fraction of sp³-hybridized carbons (Fsp3) is 0.323. The van der Waals surface area contributed by atoms with Gasteiger partial charge in [-0.2, -0.15) is 0 Å². The second kappa shape index (κ2) is 14.0. The maximum absolute atomic E-state index is 13.5. The van der Waals surface area contributed by atoms with E-state index in [-0.39, 0.29) is 25.0 Å². The quantitative estimate of drug-likeness (QED) is 0.162. The average molecular weight is 636 g/mol. The number of carbonyl (C=O) groups excluding carboxylic acids is 3. The van der Waals surface area contributed by atoms with E-state index in [2.05, 4.69) is 20.8 Å². The molecule has 13 heteroatoms. The van der Waals surface area contributed by atoms with Gasteiger partial charge in [-0.1, -0.05) is 30.0 Å². The minimum Gasteiger partial charge on any atom is -0.497 e. The van der Waals surface area contributed by atoms with Crippen LogP contribution in [0.3, 0.4) is 0 Å². The van der Waals surface area contributed by atoms with E-state index in [1.54, 1.807) is 56.9 Å². The van der Waals surface area contributed by atoms with Crippen LogP contribution in [0.4, 0.5) is 5.00 Å². The number of nitrogens with one attached hydrogen (secondary N) is 2. The Balaban J connectivity index is 1.38. The van der Waals surface area contributed by atoms with Gasteiger partial charge in [0.15, 0.2) is 11.0 Å². The first-order valence-electron chi connectivity index (χ1n) is 14.1. The number of aromatic nitrogens is 3. The summed E-state index contributed by atoms with van der Waals surface area (Å²) in [7, 11) is 3.11. The third-order valence-electron chi connectivity index (χ3n) is 7.05. The number of thiophene rings is 1. The Hall–Kier alpha value is -4.36. The molecule has 0 spiro atoms. The fourth-order valence-corrected chi connectivity index (χ4v) is 7.07. The Bertz CT molecular complexity index is 1680. The van der Waals surface area contributed by atoms with E-state index >= 15 is 0 Å². The molecular formula is C31H33N5O6S2. The molecule has 230 valence electrons. The van der Waals surface area contributed by atoms with Gasteiger partial charge in [0.05, 0.1) is 43.9 Å². The highest BCUT2D eigenvalue weighted by Crippen LogP contribution is 2.40. The minimum atomic E-state index is -0.612. The fourth-order valence-electron chi connectivity index (χ4n) is 4.91. The monoisotopic (exact) mass is 635 g/mol. The summed E-state index contributed by atoms with van der Waals surface area (Å²) in [5, 5.41) is 14.9. The van der Waals surface area contributed by atoms with Crippen LogP contribution in [0.15, 0.2) is 53.7 Å². The van der Waals surface area contributed by atoms with Crippen molar-refractivity contribution in [2.24, 2.45) is 0 Å². The standard InChI is InChI=1S/C31H33N5O6S2/c1-5-42-30(39)26-21-12-9-15-24(21)44-29(26)33-27(37)18(2)43-31-35-34-25(36(31)22-13-6-7-14-23(22)41-4)17-32-28(38)19-10-8-11-20(16-19)40-3/h6-8,10-11,13-14,16,18H,5,9,12,15,17H2,1-4H3,(H,32,38)(H,33,37)/t18-/m0/s1. The first kappa shape index (κ1) is 31.1. The first-order chi connectivity index (χ1) is 21.3. The summed E-state index contributed by atoms with van der Waals surface area (Å²) in [5.41, 5.74) is 2.52. The molecule has 0 radical (unpaired) electrons. The number of ether oxygens (including phenoxy) is 3. The molecule has 2 heterocycles. The van der Waals surface area contributed by atoms with E-state index in [0.29, 0.717) is 44.3 Å². The number of rotatable bonds is 12. The number of fused-ring (bicyclic) bond motifs is 1. The number of benzene rings is 2. The number of carbonyl (C=O) groups is 3. The smallest absolute Gasteiger partial charge is 0.341 e. The molecule has 0 fully saturated rings. The van der Waals surface area contributed by atoms with Crippen molar-refractivity contribution in [3.63, 3.8) is 0 Å². The number of para-hydroxylation sites is 2. The van der Waals surface area contributed by atoms with Gasteiger partial charge in [-0.15, -0.1) is 21.5 Å². The molecule has 0 aliphatic heterocycles. The lowest BCUT2D eigenvalue weighted by Crippen LogP contribution is -2.25. The Morgan fingerprint density at radius 1 is 1.07 bits per heavy atom.